The molecule has 0 aliphatic rings. The van der Waals surface area contributed by atoms with E-state index in [1.807, 2.05) is 26.8 Å². The molecule has 0 saturated carbocycles. The smallest absolute Gasteiger partial charge is 0.330 e. The van der Waals surface area contributed by atoms with Gasteiger partial charge in [0.2, 0.25) is 0 Å². The lowest BCUT2D eigenvalue weighted by molar-refractivity contribution is -0.148. The first-order valence-corrected chi connectivity index (χ1v) is 4.76. The molecule has 0 radical (unpaired) electrons. The van der Waals surface area contributed by atoms with Crippen molar-refractivity contribution >= 4 is 5.97 Å². The van der Waals surface area contributed by atoms with Crippen LogP contribution in [0, 0.1) is 5.92 Å². The van der Waals surface area contributed by atoms with Crippen LogP contribution < -0.4 is 0 Å². The maximum absolute atomic E-state index is 11.2. The van der Waals surface area contributed by atoms with Gasteiger partial charge >= 0.3 is 5.97 Å². The van der Waals surface area contributed by atoms with Crippen LogP contribution in [0.2, 0.25) is 0 Å². The van der Waals surface area contributed by atoms with Crippen molar-refractivity contribution in [1.29, 1.82) is 0 Å². The molecule has 0 heterocycles. The molecule has 0 aliphatic carbocycles. The fourth-order valence-electron chi connectivity index (χ4n) is 0.715. The van der Waals surface area contributed by atoms with Gasteiger partial charge in [-0.25, -0.2) is 4.79 Å². The quantitative estimate of drug-likeness (QED) is 0.498. The van der Waals surface area contributed by atoms with Gasteiger partial charge in [0.1, 0.15) is 5.60 Å². The summed E-state index contributed by atoms with van der Waals surface area (Å²) in [4.78, 5) is 11.2. The normalized spacial score (nSPS) is 14.5. The Kier molecular flexibility index (Phi) is 4.74. The molecule has 0 N–H and O–H groups in total. The number of allylic oxidation sites excluding steroid dienone is 1. The predicted molar refractivity (Wildman–Crippen MR) is 54.4 cm³/mol. The van der Waals surface area contributed by atoms with Crippen LogP contribution in [-0.4, -0.2) is 11.6 Å². The van der Waals surface area contributed by atoms with Gasteiger partial charge in [0.15, 0.2) is 0 Å². The van der Waals surface area contributed by atoms with E-state index < -0.39 is 5.60 Å². The summed E-state index contributed by atoms with van der Waals surface area (Å²) in [5.41, 5.74) is -0.392. The monoisotopic (exact) mass is 184 g/mol. The SMILES string of the molecule is CCC(C)/C=C/C(=O)OC(C)(C)C. The minimum absolute atomic E-state index is 0.257. The molecule has 0 saturated heterocycles. The number of ether oxygens (including phenoxy) is 1. The van der Waals surface area contributed by atoms with Crippen LogP contribution in [0.5, 0.6) is 0 Å². The summed E-state index contributed by atoms with van der Waals surface area (Å²) in [5, 5.41) is 0. The van der Waals surface area contributed by atoms with E-state index in [9.17, 15) is 4.79 Å². The van der Waals surface area contributed by atoms with Gasteiger partial charge in [-0.1, -0.05) is 26.3 Å². The molecule has 2 nitrogen and oxygen atoms in total. The third-order valence-corrected chi connectivity index (χ3v) is 1.61. The third kappa shape index (κ3) is 7.57. The van der Waals surface area contributed by atoms with Crippen LogP contribution in [0.3, 0.4) is 0 Å². The highest BCUT2D eigenvalue weighted by Crippen LogP contribution is 2.08. The summed E-state index contributed by atoms with van der Waals surface area (Å²) >= 11 is 0. The lowest BCUT2D eigenvalue weighted by Gasteiger charge is -2.18. The molecule has 0 fully saturated rings. The molecule has 0 spiro atoms. The number of rotatable bonds is 3. The molecule has 0 aromatic rings. The van der Waals surface area contributed by atoms with Crippen LogP contribution in [0.4, 0.5) is 0 Å². The van der Waals surface area contributed by atoms with Crippen LogP contribution in [-0.2, 0) is 9.53 Å². The Balaban J connectivity index is 3.95. The van der Waals surface area contributed by atoms with Crippen molar-refractivity contribution in [3.63, 3.8) is 0 Å². The van der Waals surface area contributed by atoms with Crippen LogP contribution >= 0.6 is 0 Å². The van der Waals surface area contributed by atoms with Gasteiger partial charge in [-0.05, 0) is 26.7 Å². The second-order valence-electron chi connectivity index (χ2n) is 4.28. The van der Waals surface area contributed by atoms with E-state index >= 15 is 0 Å². The number of hydrogen-bond acceptors (Lipinski definition) is 2. The van der Waals surface area contributed by atoms with Gasteiger partial charge in [-0.3, -0.25) is 0 Å². The van der Waals surface area contributed by atoms with Crippen LogP contribution in [0.15, 0.2) is 12.2 Å². The number of carbonyl (C=O) groups is 1. The molecule has 76 valence electrons. The van der Waals surface area contributed by atoms with E-state index in [-0.39, 0.29) is 5.97 Å². The second-order valence-corrected chi connectivity index (χ2v) is 4.28. The Morgan fingerprint density at radius 2 is 2.00 bits per heavy atom. The zero-order valence-corrected chi connectivity index (χ0v) is 9.26. The lowest BCUT2D eigenvalue weighted by atomic mass is 10.1. The number of carbonyl (C=O) groups excluding carboxylic acids is 1. The zero-order chi connectivity index (χ0) is 10.5. The van der Waals surface area contributed by atoms with Crippen molar-refractivity contribution in [2.24, 2.45) is 5.92 Å². The average molecular weight is 184 g/mol. The van der Waals surface area contributed by atoms with Crippen LogP contribution in [0.1, 0.15) is 41.0 Å². The lowest BCUT2D eigenvalue weighted by Crippen LogP contribution is -2.22. The van der Waals surface area contributed by atoms with Crippen LogP contribution in [0.25, 0.3) is 0 Å². The summed E-state index contributed by atoms with van der Waals surface area (Å²) < 4.78 is 5.11. The first-order chi connectivity index (χ1) is 5.85. The molecule has 1 unspecified atom stereocenters. The molecule has 13 heavy (non-hydrogen) atoms. The van der Waals surface area contributed by atoms with Gasteiger partial charge in [0.25, 0.3) is 0 Å². The van der Waals surface area contributed by atoms with E-state index in [0.29, 0.717) is 5.92 Å². The molecular formula is C11H20O2. The fourth-order valence-corrected chi connectivity index (χ4v) is 0.715. The van der Waals surface area contributed by atoms with Crippen molar-refractivity contribution in [2.45, 2.75) is 46.6 Å². The number of esters is 1. The van der Waals surface area contributed by atoms with Gasteiger partial charge in [-0.15, -0.1) is 0 Å². The topological polar surface area (TPSA) is 26.3 Å². The molecule has 0 amide bonds. The summed E-state index contributed by atoms with van der Waals surface area (Å²) in [6.45, 7) is 9.75. The minimum Gasteiger partial charge on any atom is -0.457 e. The average Bonchev–Trinajstić information content (AvgIpc) is 1.97. The van der Waals surface area contributed by atoms with Crippen molar-refractivity contribution in [3.05, 3.63) is 12.2 Å². The molecule has 2 heteroatoms. The Labute approximate surface area is 81.0 Å². The fraction of sp³-hybridized carbons (Fsp3) is 0.727. The highest BCUT2D eigenvalue weighted by atomic mass is 16.6. The van der Waals surface area contributed by atoms with E-state index in [0.717, 1.165) is 6.42 Å². The van der Waals surface area contributed by atoms with Crippen molar-refractivity contribution in [2.75, 3.05) is 0 Å². The van der Waals surface area contributed by atoms with Crippen molar-refractivity contribution in [1.82, 2.24) is 0 Å². The summed E-state index contributed by atoms with van der Waals surface area (Å²) in [6, 6.07) is 0. The van der Waals surface area contributed by atoms with Gasteiger partial charge in [0.05, 0.1) is 0 Å². The van der Waals surface area contributed by atoms with Gasteiger partial charge in [0, 0.05) is 6.08 Å². The molecule has 1 atom stereocenters. The van der Waals surface area contributed by atoms with E-state index in [4.69, 9.17) is 4.74 Å². The van der Waals surface area contributed by atoms with Gasteiger partial charge in [-0.2, -0.15) is 0 Å². The Bertz CT molecular complexity index is 187. The van der Waals surface area contributed by atoms with E-state index in [1.165, 1.54) is 6.08 Å². The first-order valence-electron chi connectivity index (χ1n) is 4.76. The standard InChI is InChI=1S/C11H20O2/c1-6-9(2)7-8-10(12)13-11(3,4)5/h7-9H,6H2,1-5H3/b8-7+. The summed E-state index contributed by atoms with van der Waals surface area (Å²) in [7, 11) is 0. The largest absolute Gasteiger partial charge is 0.457 e. The molecule has 0 aromatic carbocycles. The second kappa shape index (κ2) is 5.05. The first kappa shape index (κ1) is 12.2. The highest BCUT2D eigenvalue weighted by molar-refractivity contribution is 5.82. The highest BCUT2D eigenvalue weighted by Gasteiger charge is 2.13. The molecule has 0 aromatic heterocycles. The number of hydrogen-bond donors (Lipinski definition) is 0. The van der Waals surface area contributed by atoms with E-state index in [1.54, 1.807) is 0 Å². The Morgan fingerprint density at radius 3 is 2.38 bits per heavy atom. The van der Waals surface area contributed by atoms with Gasteiger partial charge < -0.3 is 4.74 Å². The maximum atomic E-state index is 11.2. The predicted octanol–water partition coefficient (Wildman–Crippen LogP) is 2.93. The Morgan fingerprint density at radius 1 is 1.46 bits per heavy atom. The van der Waals surface area contributed by atoms with E-state index in [2.05, 4.69) is 13.8 Å². The molecule has 0 bridgehead atoms. The Hall–Kier alpha value is -0.790. The summed E-state index contributed by atoms with van der Waals surface area (Å²) in [6.07, 6.45) is 4.44. The molecular weight excluding hydrogens is 164 g/mol. The zero-order valence-electron chi connectivity index (χ0n) is 9.26. The third-order valence-electron chi connectivity index (χ3n) is 1.61. The summed E-state index contributed by atoms with van der Waals surface area (Å²) in [5.74, 6) is 0.181. The van der Waals surface area contributed by atoms with Crippen molar-refractivity contribution < 1.29 is 9.53 Å². The maximum Gasteiger partial charge on any atom is 0.330 e. The van der Waals surface area contributed by atoms with Crippen molar-refractivity contribution in [3.8, 4) is 0 Å². The molecule has 0 rings (SSSR count). The minimum atomic E-state index is -0.392. The molecule has 0 aliphatic heterocycles.